The smallest absolute Gasteiger partial charge is 0.248 e. The summed E-state index contributed by atoms with van der Waals surface area (Å²) in [6.07, 6.45) is 7.31. The van der Waals surface area contributed by atoms with E-state index >= 15 is 0 Å². The van der Waals surface area contributed by atoms with E-state index in [1.807, 2.05) is 12.3 Å². The standard InChI is InChI=1S/C14H20N4O/c1-10-6-11(2)8-12(7-10)14-16-13(19-17-14)9-18-5-3-4-15-18/h3-5,10-12H,6-9H2,1-2H3/t10-,11+,12?. The number of hydrogen-bond donors (Lipinski definition) is 0. The maximum absolute atomic E-state index is 5.34. The lowest BCUT2D eigenvalue weighted by Gasteiger charge is -2.29. The van der Waals surface area contributed by atoms with E-state index in [-0.39, 0.29) is 0 Å². The van der Waals surface area contributed by atoms with Crippen molar-refractivity contribution in [3.63, 3.8) is 0 Å². The molecule has 0 spiro atoms. The lowest BCUT2D eigenvalue weighted by atomic mass is 9.76. The molecule has 1 fully saturated rings. The van der Waals surface area contributed by atoms with Gasteiger partial charge in [0.05, 0.1) is 0 Å². The van der Waals surface area contributed by atoms with Gasteiger partial charge in [-0.15, -0.1) is 0 Å². The zero-order chi connectivity index (χ0) is 13.2. The van der Waals surface area contributed by atoms with Crippen LogP contribution in [0.4, 0.5) is 0 Å². The molecule has 19 heavy (non-hydrogen) atoms. The minimum atomic E-state index is 0.453. The zero-order valence-electron chi connectivity index (χ0n) is 11.5. The molecule has 3 atom stereocenters. The fraction of sp³-hybridized carbons (Fsp3) is 0.643. The molecule has 0 bridgehead atoms. The monoisotopic (exact) mass is 260 g/mol. The van der Waals surface area contributed by atoms with Crippen LogP contribution in [0.25, 0.3) is 0 Å². The maximum Gasteiger partial charge on any atom is 0.248 e. The van der Waals surface area contributed by atoms with Gasteiger partial charge in [0, 0.05) is 18.3 Å². The van der Waals surface area contributed by atoms with Crippen LogP contribution in [-0.2, 0) is 6.54 Å². The van der Waals surface area contributed by atoms with Crippen LogP contribution in [0.15, 0.2) is 23.0 Å². The van der Waals surface area contributed by atoms with E-state index in [2.05, 4.69) is 29.1 Å². The Labute approximate surface area is 113 Å². The molecular weight excluding hydrogens is 240 g/mol. The third-order valence-corrected chi connectivity index (χ3v) is 3.88. The molecule has 1 saturated carbocycles. The van der Waals surface area contributed by atoms with Crippen LogP contribution < -0.4 is 0 Å². The fourth-order valence-corrected chi connectivity index (χ4v) is 3.19. The Kier molecular flexibility index (Phi) is 3.36. The maximum atomic E-state index is 5.34. The largest absolute Gasteiger partial charge is 0.337 e. The van der Waals surface area contributed by atoms with Crippen LogP contribution in [0.1, 0.15) is 50.7 Å². The molecular formula is C14H20N4O. The van der Waals surface area contributed by atoms with Crippen molar-refractivity contribution in [2.24, 2.45) is 11.8 Å². The Morgan fingerprint density at radius 3 is 2.74 bits per heavy atom. The second-order valence-corrected chi connectivity index (χ2v) is 5.86. The second-order valence-electron chi connectivity index (χ2n) is 5.86. The summed E-state index contributed by atoms with van der Waals surface area (Å²) in [6.45, 7) is 5.18. The van der Waals surface area contributed by atoms with Crippen molar-refractivity contribution in [3.8, 4) is 0 Å². The molecule has 1 aliphatic rings. The summed E-state index contributed by atoms with van der Waals surface area (Å²) in [5, 5.41) is 8.31. The molecule has 2 aromatic rings. The molecule has 1 unspecified atom stereocenters. The van der Waals surface area contributed by atoms with Crippen molar-refractivity contribution in [1.82, 2.24) is 19.9 Å². The highest BCUT2D eigenvalue weighted by Gasteiger charge is 2.28. The van der Waals surface area contributed by atoms with Crippen molar-refractivity contribution >= 4 is 0 Å². The molecule has 2 heterocycles. The third kappa shape index (κ3) is 2.85. The van der Waals surface area contributed by atoms with Crippen LogP contribution in [0.2, 0.25) is 0 Å². The van der Waals surface area contributed by atoms with Gasteiger partial charge in [0.2, 0.25) is 5.89 Å². The van der Waals surface area contributed by atoms with E-state index in [1.165, 1.54) is 19.3 Å². The molecule has 0 radical (unpaired) electrons. The van der Waals surface area contributed by atoms with Gasteiger partial charge in [0.25, 0.3) is 0 Å². The van der Waals surface area contributed by atoms with Gasteiger partial charge in [0.1, 0.15) is 6.54 Å². The summed E-state index contributed by atoms with van der Waals surface area (Å²) in [5.41, 5.74) is 0. The Morgan fingerprint density at radius 1 is 1.26 bits per heavy atom. The summed E-state index contributed by atoms with van der Waals surface area (Å²) < 4.78 is 7.13. The molecule has 0 aliphatic heterocycles. The van der Waals surface area contributed by atoms with Gasteiger partial charge in [-0.25, -0.2) is 0 Å². The van der Waals surface area contributed by atoms with E-state index in [0.29, 0.717) is 18.4 Å². The van der Waals surface area contributed by atoms with Gasteiger partial charge in [-0.05, 0) is 37.2 Å². The van der Waals surface area contributed by atoms with Crippen molar-refractivity contribution in [3.05, 3.63) is 30.2 Å². The van der Waals surface area contributed by atoms with E-state index in [0.717, 1.165) is 17.7 Å². The SMILES string of the molecule is C[C@@H]1CC(c2noc(Cn3cccn3)n2)C[C@H](C)C1. The van der Waals surface area contributed by atoms with Crippen molar-refractivity contribution in [2.75, 3.05) is 0 Å². The lowest BCUT2D eigenvalue weighted by molar-refractivity contribution is 0.257. The van der Waals surface area contributed by atoms with Crippen LogP contribution >= 0.6 is 0 Å². The van der Waals surface area contributed by atoms with Gasteiger partial charge in [0.15, 0.2) is 5.82 Å². The first-order valence-corrected chi connectivity index (χ1v) is 7.00. The number of aromatic nitrogens is 4. The van der Waals surface area contributed by atoms with Gasteiger partial charge in [-0.1, -0.05) is 19.0 Å². The molecule has 0 N–H and O–H groups in total. The highest BCUT2D eigenvalue weighted by Crippen LogP contribution is 2.37. The highest BCUT2D eigenvalue weighted by molar-refractivity contribution is 4.99. The van der Waals surface area contributed by atoms with E-state index in [1.54, 1.807) is 10.9 Å². The van der Waals surface area contributed by atoms with Crippen molar-refractivity contribution in [2.45, 2.75) is 45.6 Å². The summed E-state index contributed by atoms with van der Waals surface area (Å²) in [4.78, 5) is 4.54. The average molecular weight is 260 g/mol. The van der Waals surface area contributed by atoms with Crippen LogP contribution in [0, 0.1) is 11.8 Å². The summed E-state index contributed by atoms with van der Waals surface area (Å²) >= 11 is 0. The van der Waals surface area contributed by atoms with Gasteiger partial charge in [-0.3, -0.25) is 4.68 Å². The molecule has 1 aliphatic carbocycles. The normalized spacial score (nSPS) is 27.6. The van der Waals surface area contributed by atoms with Gasteiger partial charge >= 0.3 is 0 Å². The van der Waals surface area contributed by atoms with Gasteiger partial charge in [-0.2, -0.15) is 10.1 Å². The van der Waals surface area contributed by atoms with Crippen molar-refractivity contribution in [1.29, 1.82) is 0 Å². The predicted octanol–water partition coefficient (Wildman–Crippen LogP) is 2.85. The quantitative estimate of drug-likeness (QED) is 0.851. The Balaban J connectivity index is 1.70. The van der Waals surface area contributed by atoms with E-state index in [9.17, 15) is 0 Å². The fourth-order valence-electron chi connectivity index (χ4n) is 3.19. The Bertz CT molecular complexity index is 509. The molecule has 102 valence electrons. The Morgan fingerprint density at radius 2 is 2.05 bits per heavy atom. The number of hydrogen-bond acceptors (Lipinski definition) is 4. The lowest BCUT2D eigenvalue weighted by Crippen LogP contribution is -2.19. The van der Waals surface area contributed by atoms with Crippen molar-refractivity contribution < 1.29 is 4.52 Å². The number of nitrogens with zero attached hydrogens (tertiary/aromatic N) is 4. The minimum Gasteiger partial charge on any atom is -0.337 e. The first-order valence-electron chi connectivity index (χ1n) is 7.00. The average Bonchev–Trinajstić information content (AvgIpc) is 2.99. The second kappa shape index (κ2) is 5.15. The summed E-state index contributed by atoms with van der Waals surface area (Å²) in [6, 6.07) is 1.89. The molecule has 5 heteroatoms. The van der Waals surface area contributed by atoms with Crippen LogP contribution in [-0.4, -0.2) is 19.9 Å². The first kappa shape index (κ1) is 12.4. The number of rotatable bonds is 3. The molecule has 2 aromatic heterocycles. The molecule has 5 nitrogen and oxygen atoms in total. The van der Waals surface area contributed by atoms with E-state index < -0.39 is 0 Å². The molecule has 0 saturated heterocycles. The topological polar surface area (TPSA) is 56.7 Å². The molecule has 3 rings (SSSR count). The summed E-state index contributed by atoms with van der Waals surface area (Å²) in [7, 11) is 0. The van der Waals surface area contributed by atoms with E-state index in [4.69, 9.17) is 4.52 Å². The Hall–Kier alpha value is -1.65. The minimum absolute atomic E-state index is 0.453. The predicted molar refractivity (Wildman–Crippen MR) is 70.5 cm³/mol. The first-order chi connectivity index (χ1) is 9.20. The van der Waals surface area contributed by atoms with Crippen LogP contribution in [0.5, 0.6) is 0 Å². The molecule has 0 amide bonds. The molecule has 0 aromatic carbocycles. The van der Waals surface area contributed by atoms with Gasteiger partial charge < -0.3 is 4.52 Å². The zero-order valence-corrected chi connectivity index (χ0v) is 11.5. The highest BCUT2D eigenvalue weighted by atomic mass is 16.5. The summed E-state index contributed by atoms with van der Waals surface area (Å²) in [5.74, 6) is 3.47. The third-order valence-electron chi connectivity index (χ3n) is 3.88. The van der Waals surface area contributed by atoms with Crippen LogP contribution in [0.3, 0.4) is 0 Å².